The Bertz CT molecular complexity index is 2860. The molecule has 0 bridgehead atoms. The maximum absolute atomic E-state index is 15.0. The molecule has 3 saturated heterocycles. The van der Waals surface area contributed by atoms with Crippen LogP contribution in [0.1, 0.15) is 135 Å². The molecule has 2 aromatic rings. The maximum atomic E-state index is 15.0. The van der Waals surface area contributed by atoms with Crippen molar-refractivity contribution in [2.45, 2.75) is 197 Å². The number of guanidine groups is 1. The van der Waals surface area contributed by atoms with Crippen LogP contribution >= 0.6 is 0 Å². The molecule has 19 N–H and O–H groups in total. The van der Waals surface area contributed by atoms with Gasteiger partial charge in [0.2, 0.25) is 59.1 Å². The summed E-state index contributed by atoms with van der Waals surface area (Å²) in [5.74, 6) is -11.0. The number of nitrogens with zero attached hydrogens (tertiary/aromatic N) is 3. The lowest BCUT2D eigenvalue weighted by Gasteiger charge is -2.35. The lowest BCUT2D eigenvalue weighted by molar-refractivity contribution is -0.149. The van der Waals surface area contributed by atoms with Crippen molar-refractivity contribution in [2.75, 3.05) is 32.7 Å². The Labute approximate surface area is 530 Å². The van der Waals surface area contributed by atoms with E-state index < -0.39 is 150 Å². The van der Waals surface area contributed by atoms with Crippen molar-refractivity contribution in [1.82, 2.24) is 52.3 Å². The van der Waals surface area contributed by atoms with Crippen molar-refractivity contribution in [3.63, 3.8) is 0 Å². The Morgan fingerprint density at radius 2 is 0.912 bits per heavy atom. The van der Waals surface area contributed by atoms with Crippen molar-refractivity contribution in [3.8, 4) is 11.5 Å². The van der Waals surface area contributed by atoms with Gasteiger partial charge in [-0.25, -0.2) is 0 Å². The van der Waals surface area contributed by atoms with Gasteiger partial charge in [0.15, 0.2) is 5.96 Å². The standard InChI is InChI=1S/C62H95N15O14/c1-5-36(4)51-61(91)77-32-12-17-48(77)60(90)76-31-11-16-47(76)58(88)70-44(26-27-49(80)81)55(85)73-45(33-37-18-22-39(78)23-19-37)56(86)74-50(35(2)3)59(89)71-43(15-10-30-67-62(65)66)53(83)68-41(13-6-8-28-63)52(82)69-42(14-7-9-29-64)54(84)72-46(57(87)75-51)34-38-20-24-40(79)25-21-38/h18-25,35-36,41-48,50-51,78-79H,5-17,26-34,63-64H2,1-4H3,(H,68,83)(H,69,82)(H,70,88)(H,71,89)(H,72,84)(H,73,85)(H,74,86)(H,75,87)(H,80,81)(H4,65,66,67)/t36-,41-,42-,43-,44-,45-,46-,47-,48+,50-,51-/m0/s1. The molecule has 0 saturated carbocycles. The fraction of sp³-hybridized carbons (Fsp3) is 0.613. The number of benzene rings is 2. The Hall–Kier alpha value is -8.60. The van der Waals surface area contributed by atoms with E-state index in [9.17, 15) is 63.3 Å². The molecule has 91 heavy (non-hydrogen) atoms. The van der Waals surface area contributed by atoms with Crippen molar-refractivity contribution in [1.29, 1.82) is 0 Å². The van der Waals surface area contributed by atoms with Gasteiger partial charge >= 0.3 is 5.97 Å². The molecule has 29 heteroatoms. The second-order valence-corrected chi connectivity index (χ2v) is 24.0. The van der Waals surface area contributed by atoms with Gasteiger partial charge in [0, 0.05) is 38.9 Å². The smallest absolute Gasteiger partial charge is 0.303 e. The monoisotopic (exact) mass is 1270 g/mol. The van der Waals surface area contributed by atoms with Crippen LogP contribution in [0.3, 0.4) is 0 Å². The molecule has 0 spiro atoms. The summed E-state index contributed by atoms with van der Waals surface area (Å²) in [4.78, 5) is 166. The molecule has 2 aromatic carbocycles. The van der Waals surface area contributed by atoms with Gasteiger partial charge in [-0.05, 0) is 144 Å². The summed E-state index contributed by atoms with van der Waals surface area (Å²) in [6.07, 6.45) is 1.39. The number of hydrogen-bond donors (Lipinski definition) is 15. The molecular weight excluding hydrogens is 1180 g/mol. The van der Waals surface area contributed by atoms with Crippen molar-refractivity contribution in [2.24, 2.45) is 39.8 Å². The van der Waals surface area contributed by atoms with Gasteiger partial charge in [-0.2, -0.15) is 0 Å². The molecule has 3 aliphatic heterocycles. The van der Waals surface area contributed by atoms with Crippen molar-refractivity contribution >= 4 is 71.0 Å². The summed E-state index contributed by atoms with van der Waals surface area (Å²) in [7, 11) is 0. The van der Waals surface area contributed by atoms with Crippen LogP contribution in [0, 0.1) is 11.8 Å². The van der Waals surface area contributed by atoms with Gasteiger partial charge in [-0.1, -0.05) is 58.4 Å². The number of carbonyl (C=O) groups is 11. The molecule has 0 unspecified atom stereocenters. The molecular formula is C62H95N15O14. The summed E-state index contributed by atoms with van der Waals surface area (Å²) in [6, 6.07) is -2.07. The Kier molecular flexibility index (Phi) is 29.2. The van der Waals surface area contributed by atoms with Crippen molar-refractivity contribution < 1.29 is 68.1 Å². The summed E-state index contributed by atoms with van der Waals surface area (Å²) in [6.45, 7) is 7.43. The van der Waals surface area contributed by atoms with Gasteiger partial charge in [-0.15, -0.1) is 0 Å². The van der Waals surface area contributed by atoms with E-state index >= 15 is 4.79 Å². The summed E-state index contributed by atoms with van der Waals surface area (Å²) < 4.78 is 0. The molecule has 10 amide bonds. The predicted molar refractivity (Wildman–Crippen MR) is 335 cm³/mol. The lowest BCUT2D eigenvalue weighted by Crippen LogP contribution is -2.62. The van der Waals surface area contributed by atoms with Gasteiger partial charge < -0.3 is 90.6 Å². The van der Waals surface area contributed by atoms with Gasteiger partial charge in [0.1, 0.15) is 71.9 Å². The topological polar surface area (TPSA) is 468 Å². The number of hydrogen-bond acceptors (Lipinski definition) is 16. The van der Waals surface area contributed by atoms with Gasteiger partial charge in [-0.3, -0.25) is 57.7 Å². The van der Waals surface area contributed by atoms with Crippen LogP contribution in [-0.4, -0.2) is 189 Å². The first-order chi connectivity index (χ1) is 43.3. The summed E-state index contributed by atoms with van der Waals surface area (Å²) in [5.41, 5.74) is 23.9. The molecule has 3 heterocycles. The summed E-state index contributed by atoms with van der Waals surface area (Å²) in [5, 5.41) is 52.0. The average Bonchev–Trinajstić information content (AvgIpc) is 1.85. The SMILES string of the molecule is CC[C@H](C)[C@@H]1NC(=O)[C@H](Cc2ccc(O)cc2)NC(=O)[C@H](CCCCN)NC(=O)[C@H](CCCCN)NC(=O)[C@H](CCCN=C(N)N)NC(=O)[C@H](C(C)C)NC(=O)[C@H](Cc2ccc(O)cc2)NC(=O)[C@H](CCC(=O)O)NC(=O)[C@@H]2CCCN2C(=O)[C@H]2CCCN2C1=O. The number of phenolic OH excluding ortho intramolecular Hbond substituents is 2. The number of aliphatic carboxylic acids is 1. The van der Waals surface area contributed by atoms with Crippen LogP contribution in [0.25, 0.3) is 0 Å². The van der Waals surface area contributed by atoms with E-state index in [0.717, 1.165) is 0 Å². The van der Waals surface area contributed by atoms with E-state index in [4.69, 9.17) is 22.9 Å². The Morgan fingerprint density at radius 1 is 0.516 bits per heavy atom. The first-order valence-electron chi connectivity index (χ1n) is 31.6. The number of aromatic hydroxyl groups is 2. The van der Waals surface area contributed by atoms with E-state index in [1.165, 1.54) is 46.2 Å². The van der Waals surface area contributed by atoms with E-state index in [0.29, 0.717) is 56.1 Å². The molecule has 3 aliphatic rings. The zero-order chi connectivity index (χ0) is 66.9. The molecule has 11 atom stereocenters. The highest BCUT2D eigenvalue weighted by Gasteiger charge is 2.46. The number of nitrogens with two attached hydrogens (primary N) is 4. The highest BCUT2D eigenvalue weighted by atomic mass is 16.4. The fourth-order valence-corrected chi connectivity index (χ4v) is 11.3. The van der Waals surface area contributed by atoms with Crippen LogP contribution in [0.5, 0.6) is 11.5 Å². The van der Waals surface area contributed by atoms with E-state index in [-0.39, 0.29) is 102 Å². The minimum Gasteiger partial charge on any atom is -0.508 e. The number of phenols is 2. The van der Waals surface area contributed by atoms with E-state index in [2.05, 4.69) is 47.5 Å². The van der Waals surface area contributed by atoms with Crippen molar-refractivity contribution in [3.05, 3.63) is 59.7 Å². The van der Waals surface area contributed by atoms with Crippen LogP contribution in [0.2, 0.25) is 0 Å². The predicted octanol–water partition coefficient (Wildman–Crippen LogP) is -1.36. The maximum Gasteiger partial charge on any atom is 0.303 e. The zero-order valence-electron chi connectivity index (χ0n) is 52.6. The largest absolute Gasteiger partial charge is 0.508 e. The molecule has 0 radical (unpaired) electrons. The average molecular weight is 1270 g/mol. The number of carbonyl (C=O) groups excluding carboxylic acids is 10. The molecule has 0 aliphatic carbocycles. The normalized spacial score (nSPS) is 25.1. The van der Waals surface area contributed by atoms with E-state index in [1.54, 1.807) is 32.9 Å². The lowest BCUT2D eigenvalue weighted by atomic mass is 9.96. The Morgan fingerprint density at radius 3 is 1.35 bits per heavy atom. The quantitative estimate of drug-likeness (QED) is 0.0368. The van der Waals surface area contributed by atoms with Gasteiger partial charge in [0.25, 0.3) is 0 Å². The first kappa shape index (κ1) is 73.1. The minimum atomic E-state index is -1.60. The number of fused-ring (bicyclic) bond motifs is 2. The second-order valence-electron chi connectivity index (χ2n) is 24.0. The molecule has 502 valence electrons. The number of carboxylic acid groups (broad SMARTS) is 1. The zero-order valence-corrected chi connectivity index (χ0v) is 52.6. The Balaban J connectivity index is 1.64. The third-order valence-corrected chi connectivity index (χ3v) is 16.7. The van der Waals surface area contributed by atoms with Crippen LogP contribution in [0.15, 0.2) is 53.5 Å². The highest BCUT2D eigenvalue weighted by Crippen LogP contribution is 2.28. The number of carboxylic acids is 1. The molecule has 5 rings (SSSR count). The summed E-state index contributed by atoms with van der Waals surface area (Å²) >= 11 is 0. The number of nitrogens with one attached hydrogen (secondary N) is 8. The van der Waals surface area contributed by atoms with Crippen LogP contribution < -0.4 is 65.5 Å². The third-order valence-electron chi connectivity index (χ3n) is 16.7. The second kappa shape index (κ2) is 36.3. The number of rotatable bonds is 22. The van der Waals surface area contributed by atoms with Crippen LogP contribution in [0.4, 0.5) is 0 Å². The minimum absolute atomic E-state index is 0.000755. The third kappa shape index (κ3) is 22.4. The van der Waals surface area contributed by atoms with E-state index in [1.807, 2.05) is 6.92 Å². The molecule has 0 aromatic heterocycles. The first-order valence-corrected chi connectivity index (χ1v) is 31.6. The fourth-order valence-electron chi connectivity index (χ4n) is 11.3. The highest BCUT2D eigenvalue weighted by molar-refractivity contribution is 6.00. The number of aliphatic imine (C=N–C) groups is 1. The van der Waals surface area contributed by atoms with Crippen LogP contribution in [-0.2, 0) is 65.6 Å². The molecule has 29 nitrogen and oxygen atoms in total. The number of amides is 10. The van der Waals surface area contributed by atoms with Gasteiger partial charge in [0.05, 0.1) is 0 Å². The molecule has 3 fully saturated rings. The number of unbranched alkanes of at least 4 members (excludes halogenated alkanes) is 2.